The molecule has 0 unspecified atom stereocenters. The average Bonchev–Trinajstić information content (AvgIpc) is 2.39. The van der Waals surface area contributed by atoms with E-state index in [1.165, 1.54) is 6.20 Å². The number of carboxylic acid groups (broad SMARTS) is 1. The second kappa shape index (κ2) is 5.27. The van der Waals surface area contributed by atoms with E-state index in [4.69, 9.17) is 9.84 Å². The molecule has 18 heavy (non-hydrogen) atoms. The van der Waals surface area contributed by atoms with Crippen molar-refractivity contribution in [3.63, 3.8) is 0 Å². The maximum absolute atomic E-state index is 10.9. The molecule has 0 aliphatic rings. The molecule has 92 valence electrons. The van der Waals surface area contributed by atoms with Crippen LogP contribution in [-0.4, -0.2) is 27.7 Å². The molecule has 2 aromatic heterocycles. The monoisotopic (exact) mass is 244 g/mol. The Morgan fingerprint density at radius 1 is 1.17 bits per heavy atom. The van der Waals surface area contributed by atoms with Crippen molar-refractivity contribution in [1.29, 1.82) is 0 Å². The standard InChI is InChI=1S/C13H12N2O3/c1-2-18-12-4-10(6-15-8-12)9-3-11(13(16)17)7-14-5-9/h3-8H,2H2,1H3,(H,16,17). The summed E-state index contributed by atoms with van der Waals surface area (Å²) in [6, 6.07) is 3.36. The molecular formula is C13H12N2O3. The van der Waals surface area contributed by atoms with Crippen molar-refractivity contribution in [3.05, 3.63) is 42.5 Å². The Morgan fingerprint density at radius 3 is 2.50 bits per heavy atom. The van der Waals surface area contributed by atoms with Crippen LogP contribution in [0, 0.1) is 0 Å². The van der Waals surface area contributed by atoms with Gasteiger partial charge < -0.3 is 9.84 Å². The zero-order chi connectivity index (χ0) is 13.0. The normalized spacial score (nSPS) is 10.1. The zero-order valence-corrected chi connectivity index (χ0v) is 9.83. The van der Waals surface area contributed by atoms with Crippen LogP contribution in [-0.2, 0) is 0 Å². The van der Waals surface area contributed by atoms with Crippen molar-refractivity contribution in [1.82, 2.24) is 9.97 Å². The second-order valence-corrected chi connectivity index (χ2v) is 3.61. The fourth-order valence-electron chi connectivity index (χ4n) is 1.54. The van der Waals surface area contributed by atoms with Crippen LogP contribution in [0.2, 0.25) is 0 Å². The number of hydrogen-bond donors (Lipinski definition) is 1. The number of aromatic nitrogens is 2. The number of ether oxygens (including phenoxy) is 1. The van der Waals surface area contributed by atoms with Gasteiger partial charge in [0.25, 0.3) is 0 Å². The van der Waals surface area contributed by atoms with Crippen molar-refractivity contribution in [3.8, 4) is 16.9 Å². The van der Waals surface area contributed by atoms with E-state index in [9.17, 15) is 4.79 Å². The van der Waals surface area contributed by atoms with E-state index in [0.717, 1.165) is 5.56 Å². The number of pyridine rings is 2. The molecule has 0 amide bonds. The fourth-order valence-corrected chi connectivity index (χ4v) is 1.54. The van der Waals surface area contributed by atoms with Crippen LogP contribution in [0.4, 0.5) is 0 Å². The number of hydrogen-bond acceptors (Lipinski definition) is 4. The SMILES string of the molecule is CCOc1cncc(-c2cncc(C(=O)O)c2)c1. The van der Waals surface area contributed by atoms with Gasteiger partial charge in [0.15, 0.2) is 0 Å². The highest BCUT2D eigenvalue weighted by Crippen LogP contribution is 2.22. The number of nitrogens with zero attached hydrogens (tertiary/aromatic N) is 2. The minimum atomic E-state index is -1.00. The lowest BCUT2D eigenvalue weighted by atomic mass is 10.1. The largest absolute Gasteiger partial charge is 0.492 e. The zero-order valence-electron chi connectivity index (χ0n) is 9.83. The summed E-state index contributed by atoms with van der Waals surface area (Å²) in [7, 11) is 0. The fraction of sp³-hybridized carbons (Fsp3) is 0.154. The van der Waals surface area contributed by atoms with Crippen molar-refractivity contribution >= 4 is 5.97 Å². The highest BCUT2D eigenvalue weighted by atomic mass is 16.5. The molecular weight excluding hydrogens is 232 g/mol. The van der Waals surface area contributed by atoms with Crippen LogP contribution in [0.3, 0.4) is 0 Å². The van der Waals surface area contributed by atoms with Gasteiger partial charge in [-0.2, -0.15) is 0 Å². The highest BCUT2D eigenvalue weighted by molar-refractivity contribution is 5.88. The average molecular weight is 244 g/mol. The van der Waals surface area contributed by atoms with Crippen molar-refractivity contribution in [2.24, 2.45) is 0 Å². The van der Waals surface area contributed by atoms with Gasteiger partial charge in [0.1, 0.15) is 5.75 Å². The van der Waals surface area contributed by atoms with Gasteiger partial charge in [0.05, 0.1) is 18.4 Å². The third-order valence-corrected chi connectivity index (χ3v) is 2.34. The third-order valence-electron chi connectivity index (χ3n) is 2.34. The van der Waals surface area contributed by atoms with Gasteiger partial charge in [-0.25, -0.2) is 4.79 Å². The molecule has 1 N–H and O–H groups in total. The molecule has 2 rings (SSSR count). The topological polar surface area (TPSA) is 72.3 Å². The smallest absolute Gasteiger partial charge is 0.337 e. The Bertz CT molecular complexity index is 570. The summed E-state index contributed by atoms with van der Waals surface area (Å²) in [6.45, 7) is 2.44. The van der Waals surface area contributed by atoms with Gasteiger partial charge in [-0.05, 0) is 19.1 Å². The van der Waals surface area contributed by atoms with E-state index in [1.54, 1.807) is 30.7 Å². The lowest BCUT2D eigenvalue weighted by Crippen LogP contribution is -1.97. The molecule has 5 heteroatoms. The van der Waals surface area contributed by atoms with Crippen molar-refractivity contribution in [2.45, 2.75) is 6.92 Å². The predicted octanol–water partition coefficient (Wildman–Crippen LogP) is 2.24. The predicted molar refractivity (Wildman–Crippen MR) is 65.6 cm³/mol. The maximum Gasteiger partial charge on any atom is 0.337 e. The number of carbonyl (C=O) groups is 1. The molecule has 0 atom stereocenters. The quantitative estimate of drug-likeness (QED) is 0.892. The minimum Gasteiger partial charge on any atom is -0.492 e. The molecule has 2 aromatic rings. The van der Waals surface area contributed by atoms with Crippen LogP contribution < -0.4 is 4.74 Å². The minimum absolute atomic E-state index is 0.148. The van der Waals surface area contributed by atoms with Crippen LogP contribution in [0.25, 0.3) is 11.1 Å². The molecule has 0 bridgehead atoms. The first-order valence-electron chi connectivity index (χ1n) is 5.47. The van der Waals surface area contributed by atoms with E-state index in [-0.39, 0.29) is 5.56 Å². The summed E-state index contributed by atoms with van der Waals surface area (Å²) < 4.78 is 5.35. The van der Waals surface area contributed by atoms with Crippen LogP contribution in [0.15, 0.2) is 36.9 Å². The lowest BCUT2D eigenvalue weighted by molar-refractivity contribution is 0.0696. The van der Waals surface area contributed by atoms with Crippen LogP contribution in [0.5, 0.6) is 5.75 Å². The summed E-state index contributed by atoms with van der Waals surface area (Å²) >= 11 is 0. The molecule has 0 saturated heterocycles. The Kier molecular flexibility index (Phi) is 3.52. The Labute approximate surface area is 104 Å². The first-order valence-corrected chi connectivity index (χ1v) is 5.47. The van der Waals surface area contributed by atoms with Gasteiger partial charge >= 0.3 is 5.97 Å². The first kappa shape index (κ1) is 12.0. The first-order chi connectivity index (χ1) is 8.70. The molecule has 2 heterocycles. The van der Waals surface area contributed by atoms with Crippen LogP contribution >= 0.6 is 0 Å². The van der Waals surface area contributed by atoms with Gasteiger partial charge in [-0.15, -0.1) is 0 Å². The Hall–Kier alpha value is -2.43. The number of carboxylic acids is 1. The van der Waals surface area contributed by atoms with Gasteiger partial charge in [0.2, 0.25) is 0 Å². The van der Waals surface area contributed by atoms with E-state index in [1.807, 2.05) is 6.92 Å². The van der Waals surface area contributed by atoms with E-state index in [2.05, 4.69) is 9.97 Å². The summed E-state index contributed by atoms with van der Waals surface area (Å²) in [5.74, 6) is -0.353. The summed E-state index contributed by atoms with van der Waals surface area (Å²) in [5.41, 5.74) is 1.62. The summed E-state index contributed by atoms with van der Waals surface area (Å²) in [5, 5.41) is 8.91. The molecule has 0 fully saturated rings. The number of aromatic carboxylic acids is 1. The Balaban J connectivity index is 2.38. The Morgan fingerprint density at radius 2 is 1.83 bits per heavy atom. The van der Waals surface area contributed by atoms with Crippen LogP contribution in [0.1, 0.15) is 17.3 Å². The molecule has 0 spiro atoms. The van der Waals surface area contributed by atoms with E-state index >= 15 is 0 Å². The van der Waals surface area contributed by atoms with Gasteiger partial charge in [-0.3, -0.25) is 9.97 Å². The molecule has 0 aliphatic heterocycles. The molecule has 5 nitrogen and oxygen atoms in total. The second-order valence-electron chi connectivity index (χ2n) is 3.61. The maximum atomic E-state index is 10.9. The van der Waals surface area contributed by atoms with Crippen molar-refractivity contribution in [2.75, 3.05) is 6.61 Å². The lowest BCUT2D eigenvalue weighted by Gasteiger charge is -2.05. The summed E-state index contributed by atoms with van der Waals surface area (Å²) in [6.07, 6.45) is 6.16. The third kappa shape index (κ3) is 2.63. The molecule has 0 aromatic carbocycles. The van der Waals surface area contributed by atoms with E-state index in [0.29, 0.717) is 17.9 Å². The van der Waals surface area contributed by atoms with Gasteiger partial charge in [0, 0.05) is 29.7 Å². The highest BCUT2D eigenvalue weighted by Gasteiger charge is 2.06. The van der Waals surface area contributed by atoms with Crippen molar-refractivity contribution < 1.29 is 14.6 Å². The number of rotatable bonds is 4. The van der Waals surface area contributed by atoms with E-state index < -0.39 is 5.97 Å². The van der Waals surface area contributed by atoms with Gasteiger partial charge in [-0.1, -0.05) is 0 Å². The molecule has 0 radical (unpaired) electrons. The summed E-state index contributed by atoms with van der Waals surface area (Å²) in [4.78, 5) is 18.8. The molecule has 0 saturated carbocycles. The molecule has 0 aliphatic carbocycles.